The van der Waals surface area contributed by atoms with Crippen molar-refractivity contribution in [2.75, 3.05) is 55.7 Å². The van der Waals surface area contributed by atoms with E-state index in [1.54, 1.807) is 17.0 Å². The Hall–Kier alpha value is -3.92. The molecule has 1 aromatic heterocycles. The van der Waals surface area contributed by atoms with Crippen molar-refractivity contribution < 1.29 is 23.4 Å². The van der Waals surface area contributed by atoms with Gasteiger partial charge in [0.05, 0.1) is 24.6 Å². The Balaban J connectivity index is 1.00. The molecule has 2 aliphatic heterocycles. The average Bonchev–Trinajstić information content (AvgIpc) is 3.35. The van der Waals surface area contributed by atoms with Gasteiger partial charge in [-0.25, -0.2) is 9.18 Å². The number of nitrogens with zero attached hydrogens (tertiary/aromatic N) is 3. The van der Waals surface area contributed by atoms with Gasteiger partial charge in [-0.05, 0) is 83.3 Å². The lowest BCUT2D eigenvalue weighted by atomic mass is 10.1. The highest BCUT2D eigenvalue weighted by Gasteiger charge is 2.56. The van der Waals surface area contributed by atoms with Gasteiger partial charge in [0.2, 0.25) is 0 Å². The highest BCUT2D eigenvalue weighted by Crippen LogP contribution is 2.52. The molecule has 4 aromatic rings. The maximum atomic E-state index is 15.4. The Morgan fingerprint density at radius 3 is 2.47 bits per heavy atom. The summed E-state index contributed by atoms with van der Waals surface area (Å²) >= 11 is 1.36. The number of para-hydroxylation sites is 1. The number of carbonyl (C=O) groups is 1. The second-order valence-corrected chi connectivity index (χ2v) is 12.3. The van der Waals surface area contributed by atoms with Crippen LogP contribution in [0.1, 0.15) is 5.56 Å². The zero-order chi connectivity index (χ0) is 29.2. The number of amides is 1. The van der Waals surface area contributed by atoms with E-state index in [-0.39, 0.29) is 5.82 Å². The van der Waals surface area contributed by atoms with Gasteiger partial charge in [-0.1, -0.05) is 30.3 Å². The molecule has 0 N–H and O–H groups in total. The molecule has 222 valence electrons. The number of rotatable bonds is 9. The summed E-state index contributed by atoms with van der Waals surface area (Å²) in [5.74, 6) is 2.66. The summed E-state index contributed by atoms with van der Waals surface area (Å²) in [6, 6.07) is 26.7. The fourth-order valence-electron chi connectivity index (χ4n) is 6.41. The van der Waals surface area contributed by atoms with Crippen molar-refractivity contribution in [2.24, 2.45) is 17.8 Å². The fourth-order valence-corrected chi connectivity index (χ4v) is 6.98. The molecule has 1 aliphatic carbocycles. The van der Waals surface area contributed by atoms with Gasteiger partial charge in [-0.3, -0.25) is 9.80 Å². The van der Waals surface area contributed by atoms with Crippen LogP contribution >= 0.6 is 11.3 Å². The van der Waals surface area contributed by atoms with Gasteiger partial charge in [0.15, 0.2) is 5.06 Å². The van der Waals surface area contributed by atoms with Crippen LogP contribution in [-0.2, 0) is 11.3 Å². The van der Waals surface area contributed by atoms with Crippen LogP contribution in [0.25, 0.3) is 0 Å². The molecule has 3 aromatic carbocycles. The second kappa shape index (κ2) is 12.4. The third kappa shape index (κ3) is 6.39. The third-order valence-corrected chi connectivity index (χ3v) is 9.37. The highest BCUT2D eigenvalue weighted by molar-refractivity contribution is 7.11. The molecule has 9 heteroatoms. The van der Waals surface area contributed by atoms with Crippen molar-refractivity contribution in [3.05, 3.63) is 102 Å². The molecule has 7 nitrogen and oxygen atoms in total. The number of carbonyl (C=O) groups excluding carboxylic acids is 1. The molecule has 0 spiro atoms. The fraction of sp³-hybridized carbons (Fsp3) is 0.324. The summed E-state index contributed by atoms with van der Waals surface area (Å²) in [5, 5.41) is 2.40. The molecule has 0 bridgehead atoms. The van der Waals surface area contributed by atoms with E-state index in [2.05, 4.69) is 17.0 Å². The summed E-state index contributed by atoms with van der Waals surface area (Å²) < 4.78 is 32.5. The molecule has 7 rings (SSSR count). The standard InChI is InChI=1S/C34H34FN3O4S/c35-31-19-25(11-12-32(31)37-13-15-40-16-14-37)38(34(39)42-33-10-5-17-43-33)23-30-28-21-36(22-29(28)30)20-24-6-4-9-27(18-24)41-26-7-2-1-3-8-26/h1-12,17-19,28-30H,13-16,20-23H2. The topological polar surface area (TPSA) is 54.5 Å². The first-order valence-corrected chi connectivity index (χ1v) is 15.7. The van der Waals surface area contributed by atoms with Crippen LogP contribution in [0.3, 0.4) is 0 Å². The first-order chi connectivity index (χ1) is 21.1. The lowest BCUT2D eigenvalue weighted by Crippen LogP contribution is -2.38. The maximum Gasteiger partial charge on any atom is 0.420 e. The molecular weight excluding hydrogens is 565 g/mol. The van der Waals surface area contributed by atoms with E-state index in [0.29, 0.717) is 67.0 Å². The Morgan fingerprint density at radius 1 is 0.930 bits per heavy atom. The Kier molecular flexibility index (Phi) is 8.02. The Morgan fingerprint density at radius 2 is 1.72 bits per heavy atom. The second-order valence-electron chi connectivity index (χ2n) is 11.4. The minimum Gasteiger partial charge on any atom is -0.457 e. The molecular formula is C34H34FN3O4S. The number of fused-ring (bicyclic) bond motifs is 1. The molecule has 2 atom stereocenters. The van der Waals surface area contributed by atoms with Crippen LogP contribution in [-0.4, -0.2) is 56.9 Å². The van der Waals surface area contributed by atoms with Gasteiger partial charge in [-0.2, -0.15) is 0 Å². The highest BCUT2D eigenvalue weighted by atomic mass is 32.1. The normalized spacial score (nSPS) is 21.3. The van der Waals surface area contributed by atoms with Gasteiger partial charge in [0.25, 0.3) is 0 Å². The molecule has 43 heavy (non-hydrogen) atoms. The van der Waals surface area contributed by atoms with Crippen molar-refractivity contribution in [1.82, 2.24) is 4.90 Å². The lowest BCUT2D eigenvalue weighted by Gasteiger charge is -2.30. The first-order valence-electron chi connectivity index (χ1n) is 14.8. The van der Waals surface area contributed by atoms with Crippen molar-refractivity contribution in [3.63, 3.8) is 0 Å². The summed E-state index contributed by atoms with van der Waals surface area (Å²) in [7, 11) is 0. The predicted octanol–water partition coefficient (Wildman–Crippen LogP) is 6.90. The molecule has 3 aliphatic rings. The van der Waals surface area contributed by atoms with Crippen LogP contribution < -0.4 is 19.3 Å². The van der Waals surface area contributed by atoms with Gasteiger partial charge < -0.3 is 19.1 Å². The number of thiophene rings is 1. The van der Waals surface area contributed by atoms with Crippen molar-refractivity contribution in [1.29, 1.82) is 0 Å². The van der Waals surface area contributed by atoms with Gasteiger partial charge in [-0.15, -0.1) is 11.3 Å². The number of hydrogen-bond donors (Lipinski definition) is 0. The Labute approximate surface area is 255 Å². The number of piperidine rings is 1. The maximum absolute atomic E-state index is 15.4. The zero-order valence-electron chi connectivity index (χ0n) is 23.8. The number of anilines is 2. The number of halogens is 1. The van der Waals surface area contributed by atoms with E-state index in [1.807, 2.05) is 64.9 Å². The van der Waals surface area contributed by atoms with Gasteiger partial charge in [0, 0.05) is 39.3 Å². The lowest BCUT2D eigenvalue weighted by molar-refractivity contribution is 0.122. The van der Waals surface area contributed by atoms with Gasteiger partial charge >= 0.3 is 6.09 Å². The molecule has 3 heterocycles. The summed E-state index contributed by atoms with van der Waals surface area (Å²) in [4.78, 5) is 19.5. The SMILES string of the molecule is O=C(Oc1cccs1)N(CC1C2CN(Cc3cccc(Oc4ccccc4)c3)CC21)c1ccc(N2CCOCC2)c(F)c1. The quantitative estimate of drug-likeness (QED) is 0.209. The number of likely N-dealkylation sites (tertiary alicyclic amines) is 1. The smallest absolute Gasteiger partial charge is 0.420 e. The summed E-state index contributed by atoms with van der Waals surface area (Å²) in [6.45, 7) is 5.74. The monoisotopic (exact) mass is 599 g/mol. The summed E-state index contributed by atoms with van der Waals surface area (Å²) in [6.07, 6.45) is -0.474. The molecule has 1 saturated carbocycles. The van der Waals surface area contributed by atoms with Crippen LogP contribution in [0.4, 0.5) is 20.6 Å². The zero-order valence-corrected chi connectivity index (χ0v) is 24.6. The van der Waals surface area contributed by atoms with E-state index >= 15 is 4.39 Å². The third-order valence-electron chi connectivity index (χ3n) is 8.62. The van der Waals surface area contributed by atoms with Crippen LogP contribution in [0.5, 0.6) is 16.6 Å². The van der Waals surface area contributed by atoms with E-state index in [9.17, 15) is 4.79 Å². The molecule has 0 radical (unpaired) electrons. The van der Waals surface area contributed by atoms with E-state index in [0.717, 1.165) is 31.1 Å². The number of ether oxygens (including phenoxy) is 3. The molecule has 1 amide bonds. The molecule has 2 saturated heterocycles. The van der Waals surface area contributed by atoms with Crippen LogP contribution in [0, 0.1) is 23.6 Å². The van der Waals surface area contributed by atoms with Gasteiger partial charge in [0.1, 0.15) is 17.3 Å². The number of benzene rings is 3. The molecule has 3 fully saturated rings. The Bertz CT molecular complexity index is 1530. The van der Waals surface area contributed by atoms with E-state index < -0.39 is 6.09 Å². The largest absolute Gasteiger partial charge is 0.457 e. The minimum atomic E-state index is -0.474. The minimum absolute atomic E-state index is 0.339. The van der Waals surface area contributed by atoms with E-state index in [4.69, 9.17) is 14.2 Å². The molecule has 2 unspecified atom stereocenters. The van der Waals surface area contributed by atoms with Crippen LogP contribution in [0.15, 0.2) is 90.3 Å². The summed E-state index contributed by atoms with van der Waals surface area (Å²) in [5.41, 5.74) is 2.27. The van der Waals surface area contributed by atoms with E-state index in [1.165, 1.54) is 23.0 Å². The first kappa shape index (κ1) is 27.9. The van der Waals surface area contributed by atoms with Crippen LogP contribution in [0.2, 0.25) is 0 Å². The average molecular weight is 600 g/mol. The number of morpholine rings is 1. The van der Waals surface area contributed by atoms with Crippen molar-refractivity contribution in [3.8, 4) is 16.6 Å². The number of hydrogen-bond acceptors (Lipinski definition) is 7. The predicted molar refractivity (Wildman–Crippen MR) is 166 cm³/mol. The van der Waals surface area contributed by atoms with Crippen molar-refractivity contribution in [2.45, 2.75) is 6.54 Å². The van der Waals surface area contributed by atoms with Crippen molar-refractivity contribution >= 4 is 28.8 Å².